The van der Waals surface area contributed by atoms with Crippen LogP contribution >= 0.6 is 0 Å². The van der Waals surface area contributed by atoms with Crippen molar-refractivity contribution in [1.82, 2.24) is 10.4 Å². The average molecular weight is 345 g/mol. The molecule has 0 aliphatic carbocycles. The lowest BCUT2D eigenvalue weighted by Gasteiger charge is -2.27. The van der Waals surface area contributed by atoms with Crippen LogP contribution in [-0.2, 0) is 17.9 Å². The van der Waals surface area contributed by atoms with Crippen molar-refractivity contribution in [3.63, 3.8) is 0 Å². The topological polar surface area (TPSA) is 57.1 Å². The standard InChI is InChI=1S/C18H17F2N3O2/c19-15-8-6-14(7-9-15)12-25-18-21-10-16(20)17(22-18)23(24)11-13-4-2-1-3-5-13/h1-10,18,22,24H,11-12H2/t18-/m1/s1. The van der Waals surface area contributed by atoms with Gasteiger partial charge in [0.15, 0.2) is 11.6 Å². The fourth-order valence-electron chi connectivity index (χ4n) is 2.29. The van der Waals surface area contributed by atoms with E-state index in [1.165, 1.54) is 12.1 Å². The molecule has 0 saturated heterocycles. The molecular formula is C18H17F2N3O2. The molecule has 3 rings (SSSR count). The van der Waals surface area contributed by atoms with E-state index in [2.05, 4.69) is 10.3 Å². The van der Waals surface area contributed by atoms with Crippen molar-refractivity contribution < 1.29 is 18.7 Å². The third-order valence-corrected chi connectivity index (χ3v) is 3.56. The Hall–Kier alpha value is -2.77. The monoisotopic (exact) mass is 345 g/mol. The van der Waals surface area contributed by atoms with Gasteiger partial charge in [-0.05, 0) is 23.3 Å². The van der Waals surface area contributed by atoms with Crippen LogP contribution in [0.3, 0.4) is 0 Å². The van der Waals surface area contributed by atoms with E-state index in [1.54, 1.807) is 12.1 Å². The van der Waals surface area contributed by atoms with Crippen molar-refractivity contribution in [3.8, 4) is 0 Å². The molecular weight excluding hydrogens is 328 g/mol. The number of ether oxygens (including phenoxy) is 1. The smallest absolute Gasteiger partial charge is 0.227 e. The van der Waals surface area contributed by atoms with Gasteiger partial charge < -0.3 is 10.1 Å². The number of benzene rings is 2. The van der Waals surface area contributed by atoms with Gasteiger partial charge in [-0.15, -0.1) is 0 Å². The van der Waals surface area contributed by atoms with Crippen molar-refractivity contribution in [2.45, 2.75) is 19.5 Å². The molecule has 0 radical (unpaired) electrons. The molecule has 2 aromatic carbocycles. The van der Waals surface area contributed by atoms with Crippen molar-refractivity contribution >= 4 is 6.21 Å². The number of allylic oxidation sites excluding steroid dienone is 1. The summed E-state index contributed by atoms with van der Waals surface area (Å²) in [6.45, 7) is 0.267. The van der Waals surface area contributed by atoms with E-state index in [0.717, 1.165) is 22.4 Å². The number of halogens is 2. The molecule has 0 bridgehead atoms. The summed E-state index contributed by atoms with van der Waals surface area (Å²) in [5.74, 6) is -1.15. The van der Waals surface area contributed by atoms with Gasteiger partial charge in [0.2, 0.25) is 6.35 Å². The lowest BCUT2D eigenvalue weighted by atomic mass is 10.2. The molecule has 0 spiro atoms. The summed E-state index contributed by atoms with van der Waals surface area (Å²) in [6.07, 6.45) is 0.139. The average Bonchev–Trinajstić information content (AvgIpc) is 2.63. The first-order valence-electron chi connectivity index (χ1n) is 7.68. The first-order chi connectivity index (χ1) is 12.1. The van der Waals surface area contributed by atoms with Gasteiger partial charge in [0.25, 0.3) is 0 Å². The molecule has 2 N–H and O–H groups in total. The van der Waals surface area contributed by atoms with Crippen LogP contribution in [0.4, 0.5) is 8.78 Å². The zero-order valence-electron chi connectivity index (χ0n) is 13.3. The van der Waals surface area contributed by atoms with Crippen LogP contribution in [0.15, 0.2) is 71.2 Å². The zero-order valence-corrected chi connectivity index (χ0v) is 13.3. The van der Waals surface area contributed by atoms with Crippen LogP contribution in [-0.4, -0.2) is 22.8 Å². The van der Waals surface area contributed by atoms with Gasteiger partial charge >= 0.3 is 0 Å². The molecule has 0 amide bonds. The van der Waals surface area contributed by atoms with Crippen molar-refractivity contribution in [2.24, 2.45) is 4.99 Å². The zero-order chi connectivity index (χ0) is 17.6. The van der Waals surface area contributed by atoms with E-state index >= 15 is 0 Å². The van der Waals surface area contributed by atoms with Gasteiger partial charge in [-0.2, -0.15) is 0 Å². The predicted molar refractivity (Wildman–Crippen MR) is 88.5 cm³/mol. The molecule has 130 valence electrons. The van der Waals surface area contributed by atoms with Gasteiger partial charge in [0.05, 0.1) is 19.4 Å². The second-order valence-corrected chi connectivity index (χ2v) is 5.45. The Balaban J connectivity index is 1.59. The van der Waals surface area contributed by atoms with Crippen LogP contribution < -0.4 is 5.32 Å². The van der Waals surface area contributed by atoms with E-state index in [-0.39, 0.29) is 24.8 Å². The molecule has 1 aliphatic rings. The number of rotatable bonds is 6. The number of hydrogen-bond donors (Lipinski definition) is 2. The maximum absolute atomic E-state index is 14.0. The molecule has 2 aromatic rings. The highest BCUT2D eigenvalue weighted by molar-refractivity contribution is 5.77. The first-order valence-corrected chi connectivity index (χ1v) is 7.68. The van der Waals surface area contributed by atoms with Gasteiger partial charge in [-0.1, -0.05) is 42.5 Å². The number of nitrogens with one attached hydrogen (secondary N) is 1. The molecule has 1 aliphatic heterocycles. The Morgan fingerprint density at radius 2 is 1.76 bits per heavy atom. The summed E-state index contributed by atoms with van der Waals surface area (Å²) in [5, 5.41) is 13.6. The van der Waals surface area contributed by atoms with E-state index in [9.17, 15) is 14.0 Å². The predicted octanol–water partition coefficient (Wildman–Crippen LogP) is 3.33. The molecule has 0 fully saturated rings. The maximum atomic E-state index is 14.0. The van der Waals surface area contributed by atoms with Crippen molar-refractivity contribution in [1.29, 1.82) is 0 Å². The molecule has 1 heterocycles. The maximum Gasteiger partial charge on any atom is 0.227 e. The Labute approximate surface area is 143 Å². The first kappa shape index (κ1) is 17.1. The minimum absolute atomic E-state index is 0.106. The number of aliphatic imine (C=N–C) groups is 1. The van der Waals surface area contributed by atoms with E-state index < -0.39 is 12.2 Å². The largest absolute Gasteiger partial charge is 0.334 e. The third-order valence-electron chi connectivity index (χ3n) is 3.56. The quantitative estimate of drug-likeness (QED) is 0.789. The van der Waals surface area contributed by atoms with E-state index in [0.29, 0.717) is 0 Å². The SMILES string of the molecule is ON(Cc1ccccc1)C1=C(F)C=N[C@@H](OCc2ccc(F)cc2)N1. The molecule has 0 unspecified atom stereocenters. The lowest BCUT2D eigenvalue weighted by molar-refractivity contribution is -0.0856. The summed E-state index contributed by atoms with van der Waals surface area (Å²) >= 11 is 0. The summed E-state index contributed by atoms with van der Waals surface area (Å²) in [5.41, 5.74) is 1.57. The van der Waals surface area contributed by atoms with Crippen LogP contribution in [0.2, 0.25) is 0 Å². The van der Waals surface area contributed by atoms with Crippen molar-refractivity contribution in [3.05, 3.63) is 83.2 Å². The second kappa shape index (κ2) is 7.87. The number of hydrogen-bond acceptors (Lipinski definition) is 5. The molecule has 0 saturated carbocycles. The Morgan fingerprint density at radius 1 is 1.04 bits per heavy atom. The van der Waals surface area contributed by atoms with E-state index in [4.69, 9.17) is 4.74 Å². The van der Waals surface area contributed by atoms with Crippen LogP contribution in [0.1, 0.15) is 11.1 Å². The fourth-order valence-corrected chi connectivity index (χ4v) is 2.29. The Kier molecular flexibility index (Phi) is 5.37. The second-order valence-electron chi connectivity index (χ2n) is 5.45. The minimum Gasteiger partial charge on any atom is -0.334 e. The summed E-state index contributed by atoms with van der Waals surface area (Å²) < 4.78 is 32.4. The fraction of sp³-hybridized carbons (Fsp3) is 0.167. The van der Waals surface area contributed by atoms with Crippen molar-refractivity contribution in [2.75, 3.05) is 0 Å². The highest BCUT2D eigenvalue weighted by atomic mass is 19.1. The van der Waals surface area contributed by atoms with E-state index in [1.807, 2.05) is 30.3 Å². The summed E-state index contributed by atoms with van der Waals surface area (Å²) in [6, 6.07) is 15.0. The third kappa shape index (κ3) is 4.62. The number of nitrogens with zero attached hydrogens (tertiary/aromatic N) is 2. The molecule has 0 aromatic heterocycles. The van der Waals surface area contributed by atoms with Gasteiger partial charge in [0, 0.05) is 0 Å². The van der Waals surface area contributed by atoms with Gasteiger partial charge in [-0.25, -0.2) is 18.8 Å². The molecule has 7 heteroatoms. The van der Waals surface area contributed by atoms with Gasteiger partial charge in [0.1, 0.15) is 5.82 Å². The minimum atomic E-state index is -0.857. The molecule has 25 heavy (non-hydrogen) atoms. The highest BCUT2D eigenvalue weighted by Crippen LogP contribution is 2.16. The molecule has 5 nitrogen and oxygen atoms in total. The Morgan fingerprint density at radius 3 is 2.48 bits per heavy atom. The van der Waals surface area contributed by atoms with Crippen LogP contribution in [0.25, 0.3) is 0 Å². The molecule has 1 atom stereocenters. The summed E-state index contributed by atoms with van der Waals surface area (Å²) in [4.78, 5) is 3.88. The number of hydroxylamine groups is 2. The Bertz CT molecular complexity index is 764. The normalized spacial score (nSPS) is 16.7. The highest BCUT2D eigenvalue weighted by Gasteiger charge is 2.21. The van der Waals surface area contributed by atoms with Crippen LogP contribution in [0.5, 0.6) is 0 Å². The lowest BCUT2D eigenvalue weighted by Crippen LogP contribution is -2.40. The van der Waals surface area contributed by atoms with Crippen LogP contribution in [0, 0.1) is 5.82 Å². The van der Waals surface area contributed by atoms with Gasteiger partial charge in [-0.3, -0.25) is 5.21 Å². The summed E-state index contributed by atoms with van der Waals surface area (Å²) in [7, 11) is 0.